The number of benzene rings is 2. The van der Waals surface area contributed by atoms with Crippen molar-refractivity contribution in [3.05, 3.63) is 70.2 Å². The summed E-state index contributed by atoms with van der Waals surface area (Å²) < 4.78 is 0. The Balaban J connectivity index is 1.66. The molecule has 0 bridgehead atoms. The Labute approximate surface area is 165 Å². The Morgan fingerprint density at radius 1 is 1.15 bits per heavy atom. The second-order valence-corrected chi connectivity index (χ2v) is 8.41. The van der Waals surface area contributed by atoms with Gasteiger partial charge < -0.3 is 4.90 Å². The van der Waals surface area contributed by atoms with E-state index in [0.717, 1.165) is 34.9 Å². The first-order chi connectivity index (χ1) is 12.7. The molecule has 0 spiro atoms. The molecule has 4 heteroatoms. The summed E-state index contributed by atoms with van der Waals surface area (Å²) in [6.07, 6.45) is 6.16. The van der Waals surface area contributed by atoms with Crippen molar-refractivity contribution in [2.75, 3.05) is 12.3 Å². The highest BCUT2D eigenvalue weighted by Crippen LogP contribution is 2.39. The number of unbranched alkanes of at least 4 members (excludes halogenated alkanes) is 3. The maximum atomic E-state index is 13.0. The largest absolute Gasteiger partial charge is 0.322 e. The van der Waals surface area contributed by atoms with Crippen LogP contribution in [0.15, 0.2) is 48.5 Å². The monoisotopic (exact) mass is 387 g/mol. The Morgan fingerprint density at radius 2 is 1.96 bits per heavy atom. The van der Waals surface area contributed by atoms with E-state index >= 15 is 0 Å². The minimum atomic E-state index is 0.0509. The van der Waals surface area contributed by atoms with Crippen molar-refractivity contribution < 1.29 is 4.79 Å². The van der Waals surface area contributed by atoms with Gasteiger partial charge in [-0.05, 0) is 48.2 Å². The van der Waals surface area contributed by atoms with E-state index in [1.54, 1.807) is 11.8 Å². The third-order valence-electron chi connectivity index (χ3n) is 4.81. The zero-order valence-corrected chi connectivity index (χ0v) is 16.9. The van der Waals surface area contributed by atoms with Crippen molar-refractivity contribution in [2.24, 2.45) is 0 Å². The maximum Gasteiger partial charge on any atom is 0.255 e. The van der Waals surface area contributed by atoms with Crippen molar-refractivity contribution in [3.8, 4) is 0 Å². The van der Waals surface area contributed by atoms with Gasteiger partial charge in [-0.1, -0.05) is 62.1 Å². The standard InChI is InChI=1S/C22H26ClNOS/c1-2-3-4-5-7-17-10-12-18(13-11-17)21(25)24-14-15-26-22(24)19-8-6-9-20(23)16-19/h6,8-13,16,22H,2-5,7,14-15H2,1H3/t22-/m1/s1. The average Bonchev–Trinajstić information content (AvgIpc) is 3.15. The number of nitrogens with zero attached hydrogens (tertiary/aromatic N) is 1. The van der Waals surface area contributed by atoms with Gasteiger partial charge >= 0.3 is 0 Å². The molecule has 1 fully saturated rings. The van der Waals surface area contributed by atoms with Crippen molar-refractivity contribution in [1.29, 1.82) is 0 Å². The number of amides is 1. The van der Waals surface area contributed by atoms with Gasteiger partial charge in [0.15, 0.2) is 0 Å². The van der Waals surface area contributed by atoms with Crippen LogP contribution in [-0.4, -0.2) is 23.1 Å². The smallest absolute Gasteiger partial charge is 0.255 e. The SMILES string of the molecule is CCCCCCc1ccc(C(=O)N2CCS[C@@H]2c2cccc(Cl)c2)cc1. The minimum absolute atomic E-state index is 0.0509. The van der Waals surface area contributed by atoms with E-state index in [9.17, 15) is 4.79 Å². The van der Waals surface area contributed by atoms with Gasteiger partial charge in [-0.25, -0.2) is 0 Å². The minimum Gasteiger partial charge on any atom is -0.322 e. The summed E-state index contributed by atoms with van der Waals surface area (Å²) in [5.41, 5.74) is 3.19. The lowest BCUT2D eigenvalue weighted by Crippen LogP contribution is -2.30. The van der Waals surface area contributed by atoms with Gasteiger partial charge in [-0.3, -0.25) is 4.79 Å². The van der Waals surface area contributed by atoms with E-state index in [2.05, 4.69) is 25.1 Å². The molecule has 2 aromatic carbocycles. The van der Waals surface area contributed by atoms with Crippen LogP contribution >= 0.6 is 23.4 Å². The Hall–Kier alpha value is -1.45. The summed E-state index contributed by atoms with van der Waals surface area (Å²) in [5.74, 6) is 1.07. The fourth-order valence-electron chi connectivity index (χ4n) is 3.35. The molecule has 0 N–H and O–H groups in total. The zero-order valence-electron chi connectivity index (χ0n) is 15.3. The lowest BCUT2D eigenvalue weighted by Gasteiger charge is -2.24. The van der Waals surface area contributed by atoms with E-state index in [-0.39, 0.29) is 11.3 Å². The Bertz CT molecular complexity index is 731. The summed E-state index contributed by atoms with van der Waals surface area (Å²) in [6.45, 7) is 3.01. The molecule has 2 nitrogen and oxygen atoms in total. The van der Waals surface area contributed by atoms with Crippen LogP contribution in [0.1, 0.15) is 59.5 Å². The number of hydrogen-bond acceptors (Lipinski definition) is 2. The summed E-state index contributed by atoms with van der Waals surface area (Å²) in [6, 6.07) is 16.0. The van der Waals surface area contributed by atoms with Gasteiger partial charge in [-0.2, -0.15) is 0 Å². The molecule has 1 heterocycles. The van der Waals surface area contributed by atoms with Gasteiger partial charge in [0.2, 0.25) is 0 Å². The topological polar surface area (TPSA) is 20.3 Å². The van der Waals surface area contributed by atoms with Crippen LogP contribution in [0.4, 0.5) is 0 Å². The van der Waals surface area contributed by atoms with Gasteiger partial charge in [0, 0.05) is 22.9 Å². The molecule has 0 aliphatic carbocycles. The van der Waals surface area contributed by atoms with Crippen molar-refractivity contribution >= 4 is 29.3 Å². The van der Waals surface area contributed by atoms with Gasteiger partial charge in [-0.15, -0.1) is 11.8 Å². The fraction of sp³-hybridized carbons (Fsp3) is 0.409. The lowest BCUT2D eigenvalue weighted by molar-refractivity contribution is 0.0760. The Morgan fingerprint density at radius 3 is 2.69 bits per heavy atom. The number of aryl methyl sites for hydroxylation is 1. The number of hydrogen-bond donors (Lipinski definition) is 0. The third kappa shape index (κ3) is 4.83. The molecule has 0 unspecified atom stereocenters. The van der Waals surface area contributed by atoms with E-state index < -0.39 is 0 Å². The predicted octanol–water partition coefficient (Wildman–Crippen LogP) is 6.35. The molecule has 26 heavy (non-hydrogen) atoms. The molecule has 0 aromatic heterocycles. The fourth-order valence-corrected chi connectivity index (χ4v) is 4.79. The van der Waals surface area contributed by atoms with E-state index in [4.69, 9.17) is 11.6 Å². The Kier molecular flexibility index (Phi) is 7.04. The first-order valence-corrected chi connectivity index (χ1v) is 10.9. The van der Waals surface area contributed by atoms with Crippen LogP contribution < -0.4 is 0 Å². The number of carbonyl (C=O) groups excluding carboxylic acids is 1. The summed E-state index contributed by atoms with van der Waals surface area (Å²) >= 11 is 7.93. The van der Waals surface area contributed by atoms with Crippen LogP contribution in [0.25, 0.3) is 0 Å². The van der Waals surface area contributed by atoms with E-state index in [0.29, 0.717) is 0 Å². The molecule has 1 aliphatic heterocycles. The summed E-state index contributed by atoms with van der Waals surface area (Å²) in [4.78, 5) is 15.0. The van der Waals surface area contributed by atoms with Crippen LogP contribution in [0, 0.1) is 0 Å². The second-order valence-electron chi connectivity index (χ2n) is 6.78. The van der Waals surface area contributed by atoms with Gasteiger partial charge in [0.25, 0.3) is 5.91 Å². The maximum absolute atomic E-state index is 13.0. The molecule has 138 valence electrons. The first kappa shape index (κ1) is 19.3. The molecule has 0 saturated carbocycles. The first-order valence-electron chi connectivity index (χ1n) is 9.46. The van der Waals surface area contributed by atoms with Crippen molar-refractivity contribution in [3.63, 3.8) is 0 Å². The molecule has 1 aliphatic rings. The average molecular weight is 388 g/mol. The molecular formula is C22H26ClNOS. The van der Waals surface area contributed by atoms with Crippen molar-refractivity contribution in [2.45, 2.75) is 44.4 Å². The zero-order chi connectivity index (χ0) is 18.4. The van der Waals surface area contributed by atoms with E-state index in [1.165, 1.54) is 31.2 Å². The number of carbonyl (C=O) groups is 1. The number of halogens is 1. The molecule has 1 atom stereocenters. The molecule has 0 radical (unpaired) electrons. The van der Waals surface area contributed by atoms with E-state index in [1.807, 2.05) is 35.2 Å². The molecule has 1 amide bonds. The number of rotatable bonds is 7. The summed E-state index contributed by atoms with van der Waals surface area (Å²) in [5, 5.41) is 0.768. The molecule has 1 saturated heterocycles. The van der Waals surface area contributed by atoms with Crippen LogP contribution in [0.2, 0.25) is 5.02 Å². The second kappa shape index (κ2) is 9.48. The quantitative estimate of drug-likeness (QED) is 0.516. The highest BCUT2D eigenvalue weighted by atomic mass is 35.5. The molecule has 3 rings (SSSR count). The van der Waals surface area contributed by atoms with Crippen molar-refractivity contribution in [1.82, 2.24) is 4.90 Å². The van der Waals surface area contributed by atoms with Crippen LogP contribution in [0.5, 0.6) is 0 Å². The predicted molar refractivity (Wildman–Crippen MR) is 112 cm³/mol. The molecule has 2 aromatic rings. The normalized spacial score (nSPS) is 16.8. The van der Waals surface area contributed by atoms with Crippen LogP contribution in [0.3, 0.4) is 0 Å². The van der Waals surface area contributed by atoms with Crippen LogP contribution in [-0.2, 0) is 6.42 Å². The third-order valence-corrected chi connectivity index (χ3v) is 6.30. The molecular weight excluding hydrogens is 362 g/mol. The lowest BCUT2D eigenvalue weighted by atomic mass is 10.0. The highest BCUT2D eigenvalue weighted by molar-refractivity contribution is 7.99. The summed E-state index contributed by atoms with van der Waals surface area (Å²) in [7, 11) is 0. The van der Waals surface area contributed by atoms with Gasteiger partial charge in [0.1, 0.15) is 5.37 Å². The van der Waals surface area contributed by atoms with Gasteiger partial charge in [0.05, 0.1) is 0 Å². The highest BCUT2D eigenvalue weighted by Gasteiger charge is 2.31. The number of thioether (sulfide) groups is 1.